The van der Waals surface area contributed by atoms with E-state index in [9.17, 15) is 4.79 Å². The summed E-state index contributed by atoms with van der Waals surface area (Å²) in [5.74, 6) is 0.0985. The first-order valence-corrected chi connectivity index (χ1v) is 6.53. The molecule has 0 radical (unpaired) electrons. The van der Waals surface area contributed by atoms with Crippen LogP contribution in [-0.2, 0) is 4.79 Å². The van der Waals surface area contributed by atoms with E-state index in [2.05, 4.69) is 22.1 Å². The number of rotatable bonds is 3. The normalized spacial score (nSPS) is 25.0. The van der Waals surface area contributed by atoms with Crippen molar-refractivity contribution < 1.29 is 4.79 Å². The molecule has 2 aliphatic rings. The van der Waals surface area contributed by atoms with Crippen LogP contribution in [-0.4, -0.2) is 59.5 Å². The van der Waals surface area contributed by atoms with Crippen LogP contribution in [0.2, 0.25) is 0 Å². The summed E-state index contributed by atoms with van der Waals surface area (Å²) in [5, 5.41) is 8.98. The third kappa shape index (κ3) is 2.82. The van der Waals surface area contributed by atoms with E-state index in [1.807, 2.05) is 13.0 Å². The van der Waals surface area contributed by atoms with Crippen LogP contribution in [0.25, 0.3) is 0 Å². The largest absolute Gasteiger partial charge is 0.364 e. The summed E-state index contributed by atoms with van der Waals surface area (Å²) in [4.78, 5) is 18.2. The van der Waals surface area contributed by atoms with Gasteiger partial charge in [-0.15, -0.1) is 0 Å². The first kappa shape index (κ1) is 12.9. The Hall–Kier alpha value is -1.54. The summed E-state index contributed by atoms with van der Waals surface area (Å²) in [5.41, 5.74) is 0. The molecular weight excluding hydrogens is 228 g/mol. The van der Waals surface area contributed by atoms with Gasteiger partial charge < -0.3 is 9.80 Å². The Morgan fingerprint density at radius 3 is 3.00 bits per heavy atom. The van der Waals surface area contributed by atoms with Gasteiger partial charge in [0.2, 0.25) is 5.91 Å². The number of nitrogens with zero attached hydrogens (tertiary/aromatic N) is 4. The van der Waals surface area contributed by atoms with Gasteiger partial charge in [-0.1, -0.05) is 6.08 Å². The molecule has 1 unspecified atom stereocenters. The number of allylic oxidation sites excluding steroid dienone is 1. The van der Waals surface area contributed by atoms with E-state index in [-0.39, 0.29) is 11.9 Å². The maximum Gasteiger partial charge on any atom is 0.237 e. The maximum absolute atomic E-state index is 12.1. The SMILES string of the molecule is C/C=C/N1CCN(CC(=O)N2CCCC2C#N)C1. The molecule has 0 aliphatic carbocycles. The van der Waals surface area contributed by atoms with Crippen molar-refractivity contribution in [1.29, 1.82) is 5.26 Å². The molecule has 0 bridgehead atoms. The maximum atomic E-state index is 12.1. The van der Waals surface area contributed by atoms with Crippen LogP contribution >= 0.6 is 0 Å². The minimum atomic E-state index is -0.202. The molecule has 2 heterocycles. The lowest BCUT2D eigenvalue weighted by molar-refractivity contribution is -0.132. The smallest absolute Gasteiger partial charge is 0.237 e. The van der Waals surface area contributed by atoms with Crippen molar-refractivity contribution in [3.63, 3.8) is 0 Å². The molecule has 0 aromatic carbocycles. The molecule has 0 spiro atoms. The van der Waals surface area contributed by atoms with Gasteiger partial charge in [-0.25, -0.2) is 0 Å². The molecule has 0 aromatic rings. The monoisotopic (exact) mass is 248 g/mol. The second-order valence-electron chi connectivity index (χ2n) is 4.86. The zero-order valence-corrected chi connectivity index (χ0v) is 10.9. The lowest BCUT2D eigenvalue weighted by Gasteiger charge is -2.23. The minimum Gasteiger partial charge on any atom is -0.364 e. The number of likely N-dealkylation sites (tertiary alicyclic amines) is 1. The third-order valence-corrected chi connectivity index (χ3v) is 3.53. The topological polar surface area (TPSA) is 50.6 Å². The Balaban J connectivity index is 1.83. The molecule has 0 saturated carbocycles. The molecule has 5 heteroatoms. The van der Waals surface area contributed by atoms with Crippen molar-refractivity contribution in [3.8, 4) is 6.07 Å². The van der Waals surface area contributed by atoms with Crippen LogP contribution in [0.1, 0.15) is 19.8 Å². The minimum absolute atomic E-state index is 0.0985. The fourth-order valence-electron chi connectivity index (χ4n) is 2.61. The molecule has 5 nitrogen and oxygen atoms in total. The van der Waals surface area contributed by atoms with E-state index in [0.717, 1.165) is 39.1 Å². The summed E-state index contributed by atoms with van der Waals surface area (Å²) in [6, 6.07) is 2.01. The average molecular weight is 248 g/mol. The Labute approximate surface area is 108 Å². The summed E-state index contributed by atoms with van der Waals surface area (Å²) in [6.45, 7) is 5.87. The van der Waals surface area contributed by atoms with Gasteiger partial charge >= 0.3 is 0 Å². The molecule has 2 fully saturated rings. The van der Waals surface area contributed by atoms with Crippen LogP contribution in [0.5, 0.6) is 0 Å². The van der Waals surface area contributed by atoms with Crippen molar-refractivity contribution in [2.45, 2.75) is 25.8 Å². The van der Waals surface area contributed by atoms with Crippen LogP contribution < -0.4 is 0 Å². The quantitative estimate of drug-likeness (QED) is 0.734. The van der Waals surface area contributed by atoms with Gasteiger partial charge in [-0.3, -0.25) is 9.69 Å². The summed E-state index contributed by atoms with van der Waals surface area (Å²) in [6.07, 6.45) is 5.84. The summed E-state index contributed by atoms with van der Waals surface area (Å²) in [7, 11) is 0. The van der Waals surface area contributed by atoms with E-state index in [1.54, 1.807) is 4.90 Å². The average Bonchev–Trinajstić information content (AvgIpc) is 2.98. The van der Waals surface area contributed by atoms with Gasteiger partial charge in [0, 0.05) is 19.6 Å². The number of hydrogen-bond donors (Lipinski definition) is 0. The van der Waals surface area contributed by atoms with Crippen molar-refractivity contribution in [3.05, 3.63) is 12.3 Å². The van der Waals surface area contributed by atoms with Crippen LogP contribution in [0, 0.1) is 11.3 Å². The van der Waals surface area contributed by atoms with Crippen LogP contribution in [0.3, 0.4) is 0 Å². The van der Waals surface area contributed by atoms with E-state index in [0.29, 0.717) is 6.54 Å². The highest BCUT2D eigenvalue weighted by Crippen LogP contribution is 2.17. The number of carbonyl (C=O) groups excluding carboxylic acids is 1. The lowest BCUT2D eigenvalue weighted by atomic mass is 10.2. The molecule has 98 valence electrons. The highest BCUT2D eigenvalue weighted by atomic mass is 16.2. The van der Waals surface area contributed by atoms with Crippen LogP contribution in [0.15, 0.2) is 12.3 Å². The second kappa shape index (κ2) is 5.87. The molecule has 2 aliphatic heterocycles. The fourth-order valence-corrected chi connectivity index (χ4v) is 2.61. The Bertz CT molecular complexity index is 374. The van der Waals surface area contributed by atoms with Crippen molar-refractivity contribution in [2.75, 3.05) is 32.8 Å². The van der Waals surface area contributed by atoms with Gasteiger partial charge in [0.25, 0.3) is 0 Å². The molecule has 2 rings (SSSR count). The van der Waals surface area contributed by atoms with Gasteiger partial charge in [-0.05, 0) is 26.0 Å². The molecule has 1 atom stereocenters. The van der Waals surface area contributed by atoms with E-state index in [4.69, 9.17) is 5.26 Å². The number of carbonyl (C=O) groups is 1. The van der Waals surface area contributed by atoms with Crippen molar-refractivity contribution in [1.82, 2.24) is 14.7 Å². The van der Waals surface area contributed by atoms with E-state index < -0.39 is 0 Å². The van der Waals surface area contributed by atoms with Crippen LogP contribution in [0.4, 0.5) is 0 Å². The van der Waals surface area contributed by atoms with E-state index in [1.165, 1.54) is 0 Å². The lowest BCUT2D eigenvalue weighted by Crippen LogP contribution is -2.42. The zero-order chi connectivity index (χ0) is 13.0. The van der Waals surface area contributed by atoms with Crippen molar-refractivity contribution in [2.24, 2.45) is 0 Å². The molecule has 0 N–H and O–H groups in total. The highest BCUT2D eigenvalue weighted by molar-refractivity contribution is 5.79. The zero-order valence-electron chi connectivity index (χ0n) is 10.9. The third-order valence-electron chi connectivity index (χ3n) is 3.53. The molecule has 1 amide bonds. The Morgan fingerprint density at radius 2 is 2.28 bits per heavy atom. The van der Waals surface area contributed by atoms with Crippen molar-refractivity contribution >= 4 is 5.91 Å². The molecule has 0 aromatic heterocycles. The number of amides is 1. The van der Waals surface area contributed by atoms with Gasteiger partial charge in [0.05, 0.1) is 19.3 Å². The molecule has 2 saturated heterocycles. The first-order chi connectivity index (χ1) is 8.74. The molecular formula is C13H20N4O. The number of hydrogen-bond acceptors (Lipinski definition) is 4. The highest BCUT2D eigenvalue weighted by Gasteiger charge is 2.30. The van der Waals surface area contributed by atoms with Gasteiger partial charge in [0.1, 0.15) is 6.04 Å². The summed E-state index contributed by atoms with van der Waals surface area (Å²) < 4.78 is 0. The Morgan fingerprint density at radius 1 is 1.44 bits per heavy atom. The Kier molecular flexibility index (Phi) is 4.21. The second-order valence-corrected chi connectivity index (χ2v) is 4.86. The fraction of sp³-hybridized carbons (Fsp3) is 0.692. The number of nitriles is 1. The van der Waals surface area contributed by atoms with Gasteiger partial charge in [-0.2, -0.15) is 5.26 Å². The first-order valence-electron chi connectivity index (χ1n) is 6.53. The molecule has 18 heavy (non-hydrogen) atoms. The standard InChI is InChI=1S/C13H20N4O/c1-2-5-15-7-8-16(11-15)10-13(18)17-6-3-4-12(17)9-14/h2,5,12H,3-4,6-8,10-11H2,1H3/b5-2+. The van der Waals surface area contributed by atoms with Gasteiger partial charge in [0.15, 0.2) is 0 Å². The van der Waals surface area contributed by atoms with E-state index >= 15 is 0 Å². The summed E-state index contributed by atoms with van der Waals surface area (Å²) >= 11 is 0. The predicted octanol–water partition coefficient (Wildman–Crippen LogP) is 0.610. The predicted molar refractivity (Wildman–Crippen MR) is 68.3 cm³/mol.